The first-order valence-electron chi connectivity index (χ1n) is 9.17. The molecule has 27 heavy (non-hydrogen) atoms. The van der Waals surface area contributed by atoms with Gasteiger partial charge < -0.3 is 5.32 Å². The van der Waals surface area contributed by atoms with Crippen molar-refractivity contribution in [2.45, 2.75) is 37.5 Å². The Bertz CT molecular complexity index is 883. The van der Waals surface area contributed by atoms with Crippen molar-refractivity contribution in [1.82, 2.24) is 5.32 Å². The van der Waals surface area contributed by atoms with Crippen molar-refractivity contribution in [2.75, 3.05) is 0 Å². The molecule has 1 atom stereocenters. The SMILES string of the molecule is Cc1ccc(SCc2ccc(C(=O)N[C@H](C)c3ccc(C)cc3)cc2)cc1. The number of benzene rings is 3. The lowest BCUT2D eigenvalue weighted by atomic mass is 10.1. The molecule has 1 N–H and O–H groups in total. The van der Waals surface area contributed by atoms with E-state index in [0.29, 0.717) is 5.56 Å². The van der Waals surface area contributed by atoms with Gasteiger partial charge in [0.2, 0.25) is 0 Å². The van der Waals surface area contributed by atoms with Gasteiger partial charge in [-0.1, -0.05) is 59.7 Å². The summed E-state index contributed by atoms with van der Waals surface area (Å²) in [6.45, 7) is 6.17. The van der Waals surface area contributed by atoms with E-state index in [1.54, 1.807) is 11.8 Å². The second-order valence-electron chi connectivity index (χ2n) is 6.90. The average molecular weight is 376 g/mol. The fraction of sp³-hybridized carbons (Fsp3) is 0.208. The molecule has 0 aliphatic carbocycles. The highest BCUT2D eigenvalue weighted by molar-refractivity contribution is 7.98. The number of thioether (sulfide) groups is 1. The molecule has 0 saturated carbocycles. The molecular weight excluding hydrogens is 350 g/mol. The molecule has 3 heteroatoms. The number of rotatable bonds is 6. The van der Waals surface area contributed by atoms with Gasteiger partial charge in [0.15, 0.2) is 0 Å². The van der Waals surface area contributed by atoms with Gasteiger partial charge in [-0.3, -0.25) is 4.79 Å². The van der Waals surface area contributed by atoms with Crippen LogP contribution in [0.2, 0.25) is 0 Å². The van der Waals surface area contributed by atoms with E-state index >= 15 is 0 Å². The number of amides is 1. The summed E-state index contributed by atoms with van der Waals surface area (Å²) >= 11 is 1.80. The van der Waals surface area contributed by atoms with Gasteiger partial charge in [0.1, 0.15) is 0 Å². The Morgan fingerprint density at radius 3 is 2.00 bits per heavy atom. The maximum Gasteiger partial charge on any atom is 0.251 e. The predicted molar refractivity (Wildman–Crippen MR) is 114 cm³/mol. The second kappa shape index (κ2) is 8.92. The molecule has 0 aliphatic rings. The molecule has 2 nitrogen and oxygen atoms in total. The Kier molecular flexibility index (Phi) is 6.36. The smallest absolute Gasteiger partial charge is 0.251 e. The minimum atomic E-state index is -0.0409. The van der Waals surface area contributed by atoms with Gasteiger partial charge in [-0.2, -0.15) is 0 Å². The second-order valence-corrected chi connectivity index (χ2v) is 7.95. The molecule has 3 rings (SSSR count). The molecule has 138 valence electrons. The highest BCUT2D eigenvalue weighted by atomic mass is 32.2. The van der Waals surface area contributed by atoms with Crippen LogP contribution in [0.1, 0.15) is 45.6 Å². The van der Waals surface area contributed by atoms with Gasteiger partial charge in [0, 0.05) is 16.2 Å². The lowest BCUT2D eigenvalue weighted by Gasteiger charge is -2.15. The van der Waals surface area contributed by atoms with Crippen LogP contribution in [0.3, 0.4) is 0 Å². The number of carbonyl (C=O) groups excluding carboxylic acids is 1. The number of hydrogen-bond acceptors (Lipinski definition) is 2. The van der Waals surface area contributed by atoms with Crippen LogP contribution in [-0.4, -0.2) is 5.91 Å². The molecule has 3 aromatic rings. The van der Waals surface area contributed by atoms with E-state index in [0.717, 1.165) is 11.3 Å². The molecular formula is C24H25NOS. The lowest BCUT2D eigenvalue weighted by molar-refractivity contribution is 0.0940. The van der Waals surface area contributed by atoms with Gasteiger partial charge in [-0.25, -0.2) is 0 Å². The topological polar surface area (TPSA) is 29.1 Å². The van der Waals surface area contributed by atoms with Crippen molar-refractivity contribution < 1.29 is 4.79 Å². The van der Waals surface area contributed by atoms with Crippen LogP contribution in [0, 0.1) is 13.8 Å². The van der Waals surface area contributed by atoms with Crippen molar-refractivity contribution in [3.8, 4) is 0 Å². The van der Waals surface area contributed by atoms with Gasteiger partial charge in [-0.05, 0) is 56.2 Å². The molecule has 0 spiro atoms. The number of nitrogens with one attached hydrogen (secondary N) is 1. The Hall–Kier alpha value is -2.52. The largest absolute Gasteiger partial charge is 0.346 e. The molecule has 1 amide bonds. The van der Waals surface area contributed by atoms with E-state index in [2.05, 4.69) is 67.7 Å². The summed E-state index contributed by atoms with van der Waals surface area (Å²) in [6, 6.07) is 24.7. The normalized spacial score (nSPS) is 11.8. The molecule has 0 radical (unpaired) electrons. The van der Waals surface area contributed by atoms with Crippen LogP contribution in [0.4, 0.5) is 0 Å². The number of aryl methyl sites for hydroxylation is 2. The maximum atomic E-state index is 12.5. The third kappa shape index (κ3) is 5.48. The summed E-state index contributed by atoms with van der Waals surface area (Å²) in [5.74, 6) is 0.853. The monoisotopic (exact) mass is 375 g/mol. The summed E-state index contributed by atoms with van der Waals surface area (Å²) in [4.78, 5) is 13.8. The molecule has 3 aromatic carbocycles. The third-order valence-corrected chi connectivity index (χ3v) is 5.65. The van der Waals surface area contributed by atoms with Crippen molar-refractivity contribution >= 4 is 17.7 Å². The summed E-state index contributed by atoms with van der Waals surface area (Å²) in [6.07, 6.45) is 0. The van der Waals surface area contributed by atoms with Crippen molar-refractivity contribution in [3.63, 3.8) is 0 Å². The number of carbonyl (C=O) groups is 1. The van der Waals surface area contributed by atoms with Crippen molar-refractivity contribution in [2.24, 2.45) is 0 Å². The Morgan fingerprint density at radius 2 is 1.41 bits per heavy atom. The van der Waals surface area contributed by atoms with E-state index in [1.165, 1.54) is 21.6 Å². The average Bonchev–Trinajstić information content (AvgIpc) is 2.68. The highest BCUT2D eigenvalue weighted by Gasteiger charge is 2.11. The summed E-state index contributed by atoms with van der Waals surface area (Å²) in [5.41, 5.74) is 5.51. The van der Waals surface area contributed by atoms with Crippen LogP contribution in [0.15, 0.2) is 77.7 Å². The Morgan fingerprint density at radius 1 is 0.852 bits per heavy atom. The fourth-order valence-corrected chi connectivity index (χ4v) is 3.63. The fourth-order valence-electron chi connectivity index (χ4n) is 2.77. The van der Waals surface area contributed by atoms with Gasteiger partial charge in [0.25, 0.3) is 5.91 Å². The third-order valence-electron chi connectivity index (χ3n) is 4.57. The minimum Gasteiger partial charge on any atom is -0.346 e. The molecule has 0 unspecified atom stereocenters. The van der Waals surface area contributed by atoms with Gasteiger partial charge in [-0.15, -0.1) is 11.8 Å². The zero-order valence-corrected chi connectivity index (χ0v) is 16.8. The van der Waals surface area contributed by atoms with E-state index in [-0.39, 0.29) is 11.9 Å². The quantitative estimate of drug-likeness (QED) is 0.528. The Balaban J connectivity index is 1.56. The summed E-state index contributed by atoms with van der Waals surface area (Å²) in [7, 11) is 0. The predicted octanol–water partition coefficient (Wildman–Crippen LogP) is 6.09. The first-order valence-corrected chi connectivity index (χ1v) is 10.2. The molecule has 0 bridgehead atoms. The number of hydrogen-bond donors (Lipinski definition) is 1. The lowest BCUT2D eigenvalue weighted by Crippen LogP contribution is -2.26. The molecule has 0 heterocycles. The van der Waals surface area contributed by atoms with Crippen LogP contribution >= 0.6 is 11.8 Å². The minimum absolute atomic E-state index is 0.0186. The van der Waals surface area contributed by atoms with E-state index < -0.39 is 0 Å². The van der Waals surface area contributed by atoms with Crippen LogP contribution in [0.25, 0.3) is 0 Å². The molecule has 0 aromatic heterocycles. The summed E-state index contributed by atoms with van der Waals surface area (Å²) in [5, 5.41) is 3.07. The van der Waals surface area contributed by atoms with Crippen LogP contribution in [0.5, 0.6) is 0 Å². The molecule has 0 aliphatic heterocycles. The molecule has 0 saturated heterocycles. The maximum absolute atomic E-state index is 12.5. The van der Waals surface area contributed by atoms with E-state index in [1.807, 2.05) is 31.2 Å². The first-order chi connectivity index (χ1) is 13.0. The first kappa shape index (κ1) is 19.2. The molecule has 0 fully saturated rings. The van der Waals surface area contributed by atoms with E-state index in [4.69, 9.17) is 0 Å². The van der Waals surface area contributed by atoms with Crippen molar-refractivity contribution in [1.29, 1.82) is 0 Å². The van der Waals surface area contributed by atoms with Gasteiger partial charge in [0.05, 0.1) is 6.04 Å². The standard InChI is InChI=1S/C24H25NOS/c1-17-4-10-21(11-5-17)19(3)25-24(26)22-12-8-20(9-13-22)16-27-23-14-6-18(2)7-15-23/h4-15,19H,16H2,1-3H3,(H,25,26)/t19-/m1/s1. The zero-order valence-electron chi connectivity index (χ0n) is 16.0. The van der Waals surface area contributed by atoms with Crippen LogP contribution < -0.4 is 5.32 Å². The highest BCUT2D eigenvalue weighted by Crippen LogP contribution is 2.23. The van der Waals surface area contributed by atoms with E-state index in [9.17, 15) is 4.79 Å². The Labute approximate surface area is 166 Å². The summed E-state index contributed by atoms with van der Waals surface area (Å²) < 4.78 is 0. The zero-order chi connectivity index (χ0) is 19.2. The van der Waals surface area contributed by atoms with Crippen molar-refractivity contribution in [3.05, 3.63) is 101 Å². The van der Waals surface area contributed by atoms with Crippen LogP contribution in [-0.2, 0) is 5.75 Å². The van der Waals surface area contributed by atoms with Gasteiger partial charge >= 0.3 is 0 Å².